The quantitative estimate of drug-likeness (QED) is 0.170. The van der Waals surface area contributed by atoms with Gasteiger partial charge in [-0.2, -0.15) is 0 Å². The average Bonchev–Trinajstić information content (AvgIpc) is 2.70. The number of phosphoric ester groups is 1. The van der Waals surface area contributed by atoms with Crippen molar-refractivity contribution in [3.63, 3.8) is 0 Å². The van der Waals surface area contributed by atoms with Crippen molar-refractivity contribution in [2.75, 3.05) is 26.4 Å². The number of amides is 1. The molecule has 0 aromatic heterocycles. The molecular weight excluding hydrogens is 441 g/mol. The van der Waals surface area contributed by atoms with Crippen LogP contribution in [0.25, 0.3) is 0 Å². The lowest BCUT2D eigenvalue weighted by atomic mass is 10.1. The second-order valence-corrected chi connectivity index (χ2v) is 8.50. The molecule has 1 aromatic rings. The fourth-order valence-electron chi connectivity index (χ4n) is 2.88. The molecule has 0 radical (unpaired) electrons. The minimum absolute atomic E-state index is 0.0593. The molecule has 11 heteroatoms. The third kappa shape index (κ3) is 12.8. The van der Waals surface area contributed by atoms with Crippen molar-refractivity contribution in [1.82, 2.24) is 5.32 Å². The summed E-state index contributed by atoms with van der Waals surface area (Å²) in [5, 5.41) is 2.65. The molecule has 0 heterocycles. The molecule has 2 N–H and O–H groups in total. The van der Waals surface area contributed by atoms with E-state index in [4.69, 9.17) is 19.1 Å². The standard InChI is InChI=1S/C21H34NO9P/c1-4-10-28-15-19(23)31-20-16(2)12-18(13-17(20)3)14-29-21(24)22-9-7-5-6-8-11-30-32(25,26)27/h12-13H,4-11,14-15H2,1-3H3,(H,22,24)(H2,25,26,27)/p-1. The van der Waals surface area contributed by atoms with Gasteiger partial charge in [0.1, 0.15) is 19.0 Å². The number of rotatable bonds is 15. The van der Waals surface area contributed by atoms with Gasteiger partial charge in [-0.05, 0) is 61.9 Å². The van der Waals surface area contributed by atoms with Gasteiger partial charge in [-0.15, -0.1) is 0 Å². The molecule has 1 atom stereocenters. The summed E-state index contributed by atoms with van der Waals surface area (Å²) < 4.78 is 30.5. The lowest BCUT2D eigenvalue weighted by Gasteiger charge is -2.15. The Kier molecular flexibility index (Phi) is 13.1. The van der Waals surface area contributed by atoms with Crippen molar-refractivity contribution in [3.8, 4) is 5.75 Å². The zero-order valence-corrected chi connectivity index (χ0v) is 19.8. The molecule has 182 valence electrons. The minimum atomic E-state index is -4.65. The number of unbranched alkanes of at least 4 members (excludes halogenated alkanes) is 3. The van der Waals surface area contributed by atoms with Crippen LogP contribution in [0.1, 0.15) is 55.7 Å². The molecule has 0 aliphatic heterocycles. The molecule has 0 saturated heterocycles. The van der Waals surface area contributed by atoms with Gasteiger partial charge >= 0.3 is 12.1 Å². The van der Waals surface area contributed by atoms with Crippen LogP contribution >= 0.6 is 7.82 Å². The highest BCUT2D eigenvalue weighted by Gasteiger charge is 2.12. The number of carbonyl (C=O) groups excluding carboxylic acids is 2. The number of aryl methyl sites for hydroxylation is 2. The predicted octanol–water partition coefficient (Wildman–Crippen LogP) is 2.90. The molecule has 0 aliphatic rings. The van der Waals surface area contributed by atoms with Crippen LogP contribution in [0.2, 0.25) is 0 Å². The monoisotopic (exact) mass is 474 g/mol. The number of nitrogens with one attached hydrogen (secondary N) is 1. The molecule has 0 aliphatic carbocycles. The van der Waals surface area contributed by atoms with Crippen LogP contribution in [0.15, 0.2) is 12.1 Å². The van der Waals surface area contributed by atoms with E-state index in [0.29, 0.717) is 38.2 Å². The summed E-state index contributed by atoms with van der Waals surface area (Å²) in [5.74, 6) is 0.0186. The molecule has 0 bridgehead atoms. The molecular formula is C21H33NO9P-. The van der Waals surface area contributed by atoms with E-state index in [2.05, 4.69) is 9.84 Å². The Labute approximate surface area is 188 Å². The van der Waals surface area contributed by atoms with Crippen molar-refractivity contribution >= 4 is 19.9 Å². The van der Waals surface area contributed by atoms with Gasteiger partial charge in [-0.25, -0.2) is 9.59 Å². The first kappa shape index (κ1) is 28.1. The van der Waals surface area contributed by atoms with Crippen molar-refractivity contribution in [2.24, 2.45) is 0 Å². The van der Waals surface area contributed by atoms with Gasteiger partial charge in [0.05, 0.1) is 6.61 Å². The van der Waals surface area contributed by atoms with E-state index >= 15 is 0 Å². The molecule has 10 nitrogen and oxygen atoms in total. The maximum atomic E-state index is 11.9. The number of benzene rings is 1. The maximum absolute atomic E-state index is 11.9. The molecule has 1 amide bonds. The second-order valence-electron chi connectivity index (χ2n) is 7.30. The highest BCUT2D eigenvalue weighted by molar-refractivity contribution is 7.44. The maximum Gasteiger partial charge on any atom is 0.407 e. The van der Waals surface area contributed by atoms with Crippen LogP contribution < -0.4 is 14.9 Å². The molecule has 0 spiro atoms. The smallest absolute Gasteiger partial charge is 0.407 e. The van der Waals surface area contributed by atoms with E-state index in [1.54, 1.807) is 12.1 Å². The molecule has 1 unspecified atom stereocenters. The van der Waals surface area contributed by atoms with E-state index in [1.165, 1.54) is 0 Å². The van der Waals surface area contributed by atoms with Crippen LogP contribution in [0.4, 0.5) is 4.79 Å². The summed E-state index contributed by atoms with van der Waals surface area (Å²) in [6.07, 6.45) is 2.94. The van der Waals surface area contributed by atoms with Crippen LogP contribution in [0.5, 0.6) is 5.75 Å². The molecule has 1 aromatic carbocycles. The number of carbonyl (C=O) groups is 2. The Bertz CT molecular complexity index is 756. The molecule has 0 saturated carbocycles. The average molecular weight is 474 g/mol. The second kappa shape index (κ2) is 15.0. The summed E-state index contributed by atoms with van der Waals surface area (Å²) >= 11 is 0. The predicted molar refractivity (Wildman–Crippen MR) is 115 cm³/mol. The van der Waals surface area contributed by atoms with Crippen molar-refractivity contribution in [1.29, 1.82) is 0 Å². The van der Waals surface area contributed by atoms with Crippen LogP contribution in [0.3, 0.4) is 0 Å². The van der Waals surface area contributed by atoms with Gasteiger partial charge < -0.3 is 33.8 Å². The fourth-order valence-corrected chi connectivity index (χ4v) is 3.24. The summed E-state index contributed by atoms with van der Waals surface area (Å²) in [6.45, 7) is 6.42. The number of phosphoric acid groups is 1. The largest absolute Gasteiger partial charge is 0.756 e. The number of esters is 1. The van der Waals surface area contributed by atoms with Gasteiger partial charge in [0, 0.05) is 13.2 Å². The van der Waals surface area contributed by atoms with Crippen molar-refractivity contribution in [3.05, 3.63) is 28.8 Å². The Morgan fingerprint density at radius 2 is 1.75 bits per heavy atom. The van der Waals surface area contributed by atoms with Crippen LogP contribution in [-0.2, 0) is 30.0 Å². The van der Waals surface area contributed by atoms with Crippen molar-refractivity contribution < 1.29 is 42.7 Å². The zero-order chi connectivity index (χ0) is 24.0. The van der Waals surface area contributed by atoms with Gasteiger partial charge in [0.25, 0.3) is 7.82 Å². The normalized spacial score (nSPS) is 12.8. The van der Waals surface area contributed by atoms with Crippen molar-refractivity contribution in [2.45, 2.75) is 59.5 Å². The van der Waals surface area contributed by atoms with Gasteiger partial charge in [-0.3, -0.25) is 4.57 Å². The molecule has 1 rings (SSSR count). The van der Waals surface area contributed by atoms with Gasteiger partial charge in [-0.1, -0.05) is 19.8 Å². The number of hydrogen-bond donors (Lipinski definition) is 2. The SMILES string of the molecule is CCCOCC(=O)Oc1c(C)cc(COC(=O)NCCCCCCOP(=O)([O-])O)cc1C. The Hall–Kier alpha value is -1.97. The minimum Gasteiger partial charge on any atom is -0.756 e. The first-order valence-electron chi connectivity index (χ1n) is 10.6. The highest BCUT2D eigenvalue weighted by atomic mass is 31.2. The first-order valence-corrected chi connectivity index (χ1v) is 12.1. The summed E-state index contributed by atoms with van der Waals surface area (Å²) in [7, 11) is -4.65. The van der Waals surface area contributed by atoms with E-state index in [-0.39, 0.29) is 19.8 Å². The van der Waals surface area contributed by atoms with Gasteiger partial charge in [0.2, 0.25) is 0 Å². The molecule has 0 fully saturated rings. The summed E-state index contributed by atoms with van der Waals surface area (Å²) in [4.78, 5) is 42.6. The number of ether oxygens (including phenoxy) is 3. The van der Waals surface area contributed by atoms with E-state index in [9.17, 15) is 19.0 Å². The number of hydrogen-bond acceptors (Lipinski definition) is 8. The van der Waals surface area contributed by atoms with E-state index in [1.807, 2.05) is 20.8 Å². The lowest BCUT2D eigenvalue weighted by Crippen LogP contribution is -2.25. The molecule has 32 heavy (non-hydrogen) atoms. The van der Waals surface area contributed by atoms with Gasteiger partial charge in [0.15, 0.2) is 0 Å². The Morgan fingerprint density at radius 3 is 2.38 bits per heavy atom. The fraction of sp³-hybridized carbons (Fsp3) is 0.619. The lowest BCUT2D eigenvalue weighted by molar-refractivity contribution is -0.219. The summed E-state index contributed by atoms with van der Waals surface area (Å²) in [5.41, 5.74) is 2.29. The van der Waals surface area contributed by atoms with E-state index in [0.717, 1.165) is 29.5 Å². The highest BCUT2D eigenvalue weighted by Crippen LogP contribution is 2.30. The number of alkyl carbamates (subject to hydrolysis) is 1. The Morgan fingerprint density at radius 1 is 1.09 bits per heavy atom. The van der Waals surface area contributed by atoms with E-state index < -0.39 is 19.9 Å². The third-order valence-electron chi connectivity index (χ3n) is 4.27. The zero-order valence-electron chi connectivity index (χ0n) is 18.9. The topological polar surface area (TPSA) is 143 Å². The van der Waals surface area contributed by atoms with Crippen LogP contribution in [-0.4, -0.2) is 43.3 Å². The van der Waals surface area contributed by atoms with Crippen LogP contribution in [0, 0.1) is 13.8 Å². The Balaban J connectivity index is 2.29. The third-order valence-corrected chi connectivity index (χ3v) is 4.78. The summed E-state index contributed by atoms with van der Waals surface area (Å²) in [6, 6.07) is 3.59. The first-order chi connectivity index (χ1) is 15.1.